The van der Waals surface area contributed by atoms with Crippen LogP contribution in [0.1, 0.15) is 25.8 Å². The minimum absolute atomic E-state index is 0.632. The van der Waals surface area contributed by atoms with E-state index >= 15 is 0 Å². The second kappa shape index (κ2) is 9.61. The molecule has 1 rings (SSSR count). The molecule has 0 saturated carbocycles. The Morgan fingerprint density at radius 3 is 2.60 bits per heavy atom. The molecule has 0 amide bonds. The first kappa shape index (κ1) is 16.8. The Kier molecular flexibility index (Phi) is 8.07. The van der Waals surface area contributed by atoms with Crippen molar-refractivity contribution in [3.05, 3.63) is 23.8 Å². The van der Waals surface area contributed by atoms with E-state index in [-0.39, 0.29) is 0 Å². The maximum Gasteiger partial charge on any atom is 0.165 e. The minimum Gasteiger partial charge on any atom is -0.493 e. The summed E-state index contributed by atoms with van der Waals surface area (Å²) in [6.45, 7) is 7.37. The van der Waals surface area contributed by atoms with Crippen LogP contribution in [0.2, 0.25) is 0 Å². The second-order valence-corrected chi connectivity index (χ2v) is 5.15. The van der Waals surface area contributed by atoms with Crippen LogP contribution in [0, 0.1) is 5.92 Å². The quantitative estimate of drug-likeness (QED) is 0.669. The zero-order valence-corrected chi connectivity index (χ0v) is 13.1. The van der Waals surface area contributed by atoms with Gasteiger partial charge in [-0.2, -0.15) is 0 Å². The standard InChI is InChI=1S/C16H27NO3/c1-13(2)8-10-20-16-14(12-17-9-11-18-3)6-5-7-15(16)19-4/h5-7,13,17H,8-12H2,1-4H3. The minimum atomic E-state index is 0.632. The van der Waals surface area contributed by atoms with E-state index in [0.29, 0.717) is 19.1 Å². The Labute approximate surface area is 122 Å². The monoisotopic (exact) mass is 281 g/mol. The van der Waals surface area contributed by atoms with Gasteiger partial charge in [-0.1, -0.05) is 26.0 Å². The van der Waals surface area contributed by atoms with Crippen molar-refractivity contribution in [2.24, 2.45) is 5.92 Å². The lowest BCUT2D eigenvalue weighted by Gasteiger charge is -2.16. The SMILES string of the molecule is COCCNCc1cccc(OC)c1OCCC(C)C. The molecule has 0 aliphatic heterocycles. The molecular formula is C16H27NO3. The highest BCUT2D eigenvalue weighted by Gasteiger charge is 2.10. The van der Waals surface area contributed by atoms with Gasteiger partial charge in [0.05, 0.1) is 20.3 Å². The van der Waals surface area contributed by atoms with Gasteiger partial charge in [0.1, 0.15) is 0 Å². The number of ether oxygens (including phenoxy) is 3. The molecule has 114 valence electrons. The lowest BCUT2D eigenvalue weighted by Crippen LogP contribution is -2.19. The number of para-hydroxylation sites is 1. The molecule has 20 heavy (non-hydrogen) atoms. The summed E-state index contributed by atoms with van der Waals surface area (Å²) in [6.07, 6.45) is 1.04. The first-order valence-electron chi connectivity index (χ1n) is 7.17. The largest absolute Gasteiger partial charge is 0.493 e. The second-order valence-electron chi connectivity index (χ2n) is 5.15. The van der Waals surface area contributed by atoms with Crippen LogP contribution in [0.15, 0.2) is 18.2 Å². The van der Waals surface area contributed by atoms with E-state index in [4.69, 9.17) is 14.2 Å². The van der Waals surface area contributed by atoms with Gasteiger partial charge in [-0.05, 0) is 18.4 Å². The van der Waals surface area contributed by atoms with Gasteiger partial charge in [0, 0.05) is 25.8 Å². The van der Waals surface area contributed by atoms with Gasteiger partial charge in [-0.15, -0.1) is 0 Å². The van der Waals surface area contributed by atoms with Gasteiger partial charge in [-0.25, -0.2) is 0 Å². The molecule has 1 N–H and O–H groups in total. The third-order valence-corrected chi connectivity index (χ3v) is 3.02. The molecule has 1 aromatic carbocycles. The summed E-state index contributed by atoms with van der Waals surface area (Å²) in [5, 5.41) is 3.33. The molecule has 4 heteroatoms. The van der Waals surface area contributed by atoms with E-state index in [2.05, 4.69) is 25.2 Å². The first-order chi connectivity index (χ1) is 9.69. The van der Waals surface area contributed by atoms with Crippen molar-refractivity contribution in [1.82, 2.24) is 5.32 Å². The average Bonchev–Trinajstić information content (AvgIpc) is 2.44. The van der Waals surface area contributed by atoms with Crippen LogP contribution in [-0.2, 0) is 11.3 Å². The van der Waals surface area contributed by atoms with E-state index in [0.717, 1.165) is 36.6 Å². The lowest BCUT2D eigenvalue weighted by molar-refractivity contribution is 0.199. The Bertz CT molecular complexity index is 380. The molecular weight excluding hydrogens is 254 g/mol. The van der Waals surface area contributed by atoms with E-state index in [1.165, 1.54) is 0 Å². The van der Waals surface area contributed by atoms with Gasteiger partial charge in [0.2, 0.25) is 0 Å². The average molecular weight is 281 g/mol. The van der Waals surface area contributed by atoms with Crippen molar-refractivity contribution in [3.8, 4) is 11.5 Å². The van der Waals surface area contributed by atoms with Gasteiger partial charge in [0.25, 0.3) is 0 Å². The summed E-state index contributed by atoms with van der Waals surface area (Å²) in [7, 11) is 3.38. The molecule has 1 aromatic rings. The maximum atomic E-state index is 5.93. The van der Waals surface area contributed by atoms with Crippen LogP contribution >= 0.6 is 0 Å². The van der Waals surface area contributed by atoms with Crippen molar-refractivity contribution in [2.75, 3.05) is 34.0 Å². The molecule has 0 aliphatic rings. The summed E-state index contributed by atoms with van der Waals surface area (Å²) in [4.78, 5) is 0. The number of benzene rings is 1. The van der Waals surface area contributed by atoms with Crippen LogP contribution < -0.4 is 14.8 Å². The van der Waals surface area contributed by atoms with E-state index in [9.17, 15) is 0 Å². The summed E-state index contributed by atoms with van der Waals surface area (Å²) in [5.74, 6) is 2.27. The van der Waals surface area contributed by atoms with Crippen molar-refractivity contribution >= 4 is 0 Å². The zero-order chi connectivity index (χ0) is 14.8. The Morgan fingerprint density at radius 2 is 1.95 bits per heavy atom. The Hall–Kier alpha value is -1.26. The smallest absolute Gasteiger partial charge is 0.165 e. The summed E-state index contributed by atoms with van der Waals surface area (Å²) >= 11 is 0. The number of methoxy groups -OCH3 is 2. The van der Waals surface area contributed by atoms with Crippen molar-refractivity contribution < 1.29 is 14.2 Å². The predicted octanol–water partition coefficient (Wildman–Crippen LogP) is 2.86. The number of hydrogen-bond acceptors (Lipinski definition) is 4. The fourth-order valence-corrected chi connectivity index (χ4v) is 1.82. The molecule has 0 spiro atoms. The molecule has 0 unspecified atom stereocenters. The van der Waals surface area contributed by atoms with Gasteiger partial charge >= 0.3 is 0 Å². The summed E-state index contributed by atoms with van der Waals surface area (Å²) in [5.41, 5.74) is 1.12. The molecule has 0 atom stereocenters. The Morgan fingerprint density at radius 1 is 1.15 bits per heavy atom. The number of rotatable bonds is 10. The fraction of sp³-hybridized carbons (Fsp3) is 0.625. The summed E-state index contributed by atoms with van der Waals surface area (Å²) in [6, 6.07) is 5.98. The lowest BCUT2D eigenvalue weighted by atomic mass is 10.1. The van der Waals surface area contributed by atoms with E-state index in [1.807, 2.05) is 12.1 Å². The van der Waals surface area contributed by atoms with Crippen LogP contribution in [0.4, 0.5) is 0 Å². The predicted molar refractivity (Wildman–Crippen MR) is 81.5 cm³/mol. The molecule has 0 bridgehead atoms. The van der Waals surface area contributed by atoms with Crippen LogP contribution in [0.5, 0.6) is 11.5 Å². The molecule has 4 nitrogen and oxygen atoms in total. The van der Waals surface area contributed by atoms with Gasteiger partial charge in [-0.3, -0.25) is 0 Å². The van der Waals surface area contributed by atoms with Crippen molar-refractivity contribution in [2.45, 2.75) is 26.8 Å². The third-order valence-electron chi connectivity index (χ3n) is 3.02. The fourth-order valence-electron chi connectivity index (χ4n) is 1.82. The van der Waals surface area contributed by atoms with Gasteiger partial charge < -0.3 is 19.5 Å². The van der Waals surface area contributed by atoms with Crippen molar-refractivity contribution in [3.63, 3.8) is 0 Å². The normalized spacial score (nSPS) is 10.8. The molecule has 0 radical (unpaired) electrons. The van der Waals surface area contributed by atoms with Crippen LogP contribution in [0.25, 0.3) is 0 Å². The summed E-state index contributed by atoms with van der Waals surface area (Å²) < 4.78 is 16.4. The highest BCUT2D eigenvalue weighted by atomic mass is 16.5. The molecule has 0 heterocycles. The Balaban J connectivity index is 2.65. The third kappa shape index (κ3) is 5.80. The van der Waals surface area contributed by atoms with E-state index < -0.39 is 0 Å². The van der Waals surface area contributed by atoms with Crippen molar-refractivity contribution in [1.29, 1.82) is 0 Å². The molecule has 0 aliphatic carbocycles. The van der Waals surface area contributed by atoms with E-state index in [1.54, 1.807) is 14.2 Å². The maximum absolute atomic E-state index is 5.93. The number of nitrogens with one attached hydrogen (secondary N) is 1. The molecule has 0 aromatic heterocycles. The zero-order valence-electron chi connectivity index (χ0n) is 13.1. The van der Waals surface area contributed by atoms with Crippen LogP contribution in [-0.4, -0.2) is 34.0 Å². The highest BCUT2D eigenvalue weighted by molar-refractivity contribution is 5.46. The number of hydrogen-bond donors (Lipinski definition) is 1. The molecule has 0 saturated heterocycles. The van der Waals surface area contributed by atoms with Gasteiger partial charge in [0.15, 0.2) is 11.5 Å². The topological polar surface area (TPSA) is 39.7 Å². The first-order valence-corrected chi connectivity index (χ1v) is 7.17. The van der Waals surface area contributed by atoms with Crippen LogP contribution in [0.3, 0.4) is 0 Å². The highest BCUT2D eigenvalue weighted by Crippen LogP contribution is 2.31. The molecule has 0 fully saturated rings.